The molecule has 3 aromatic heterocycles. The van der Waals surface area contributed by atoms with Gasteiger partial charge in [-0.25, -0.2) is 9.97 Å². The van der Waals surface area contributed by atoms with Crippen LogP contribution in [0.15, 0.2) is 29.8 Å². The van der Waals surface area contributed by atoms with Crippen molar-refractivity contribution < 1.29 is 38.6 Å². The Bertz CT molecular complexity index is 2460. The number of hydrogen-bond donors (Lipinski definition) is 0. The van der Waals surface area contributed by atoms with Gasteiger partial charge in [0, 0.05) is 23.1 Å². The Morgan fingerprint density at radius 2 is 1.36 bits per heavy atom. The molecule has 66 heavy (non-hydrogen) atoms. The number of nitrogens with zero attached hydrogens (tertiary/aromatic N) is 2. The van der Waals surface area contributed by atoms with Crippen molar-refractivity contribution in [1.29, 1.82) is 0 Å². The Morgan fingerprint density at radius 1 is 0.773 bits per heavy atom. The van der Waals surface area contributed by atoms with Gasteiger partial charge in [-0.15, -0.1) is 22.1 Å². The number of ketones is 2. The van der Waals surface area contributed by atoms with Gasteiger partial charge in [-0.05, 0) is 95.4 Å². The minimum Gasteiger partial charge on any atom is -0.657 e. The van der Waals surface area contributed by atoms with Gasteiger partial charge in [0.1, 0.15) is 12.5 Å². The first kappa shape index (κ1) is 52.9. The summed E-state index contributed by atoms with van der Waals surface area (Å²) < 4.78 is 11.1. The van der Waals surface area contributed by atoms with Gasteiger partial charge in [0.05, 0.1) is 30.8 Å². The summed E-state index contributed by atoms with van der Waals surface area (Å²) in [5.41, 5.74) is 10.0. The fraction of sp³-hybridized carbons (Fsp3) is 0.600. The quantitative estimate of drug-likeness (QED) is 0.0358. The first-order valence-corrected chi connectivity index (χ1v) is 24.7. The van der Waals surface area contributed by atoms with Crippen molar-refractivity contribution in [3.63, 3.8) is 0 Å². The molecule has 352 valence electrons. The number of H-pyrrole nitrogens is 2. The number of carbonyl (C=O) groups excluding carboxylic acids is 4. The number of methoxy groups -OCH3 is 1. The van der Waals surface area contributed by atoms with Crippen LogP contribution in [0.2, 0.25) is 0 Å². The summed E-state index contributed by atoms with van der Waals surface area (Å²) in [5, 5.41) is 0. The van der Waals surface area contributed by atoms with Crippen molar-refractivity contribution in [1.82, 2.24) is 9.97 Å². The summed E-state index contributed by atoms with van der Waals surface area (Å²) in [6.45, 7) is 23.5. The van der Waals surface area contributed by atoms with Crippen molar-refractivity contribution in [2.75, 3.05) is 13.7 Å². The van der Waals surface area contributed by atoms with Gasteiger partial charge in [0.15, 0.2) is 34.3 Å². The molecule has 0 aromatic carbocycles. The molecular formula is C55H76MgN4O6+2. The minimum absolute atomic E-state index is 0. The summed E-state index contributed by atoms with van der Waals surface area (Å²) in [6, 6.07) is 5.99. The average Bonchev–Trinajstić information content (AvgIpc) is 4.00. The SMILES string of the molecule is CCC1c2cc3[n-]c4c(c3C)C(=O)C(C(=O)OC)c4c3[nH+]c(cc4[n-]c(cc([nH+]2)C1C)c(C(C)=O)c4C)C(C)C3CCC(=O)OCC=C(C)CCCC(C)CCCC(C)CCCC(C)C.[Mg+2]. The van der Waals surface area contributed by atoms with Crippen LogP contribution in [0.4, 0.5) is 0 Å². The van der Waals surface area contributed by atoms with Gasteiger partial charge >= 0.3 is 35.0 Å². The molecule has 1 aliphatic carbocycles. The zero-order valence-corrected chi connectivity index (χ0v) is 43.6. The summed E-state index contributed by atoms with van der Waals surface area (Å²) in [4.78, 5) is 72.1. The van der Waals surface area contributed by atoms with E-state index in [1.54, 1.807) is 6.92 Å². The Balaban J connectivity index is 0.00000817. The molecule has 0 radical (unpaired) electrons. The van der Waals surface area contributed by atoms with Crippen molar-refractivity contribution in [2.24, 2.45) is 17.8 Å². The fourth-order valence-corrected chi connectivity index (χ4v) is 10.8. The van der Waals surface area contributed by atoms with Crippen LogP contribution >= 0.6 is 0 Å². The molecule has 0 saturated heterocycles. The molecule has 8 bridgehead atoms. The molecule has 10 nitrogen and oxygen atoms in total. The van der Waals surface area contributed by atoms with Gasteiger partial charge in [0.2, 0.25) is 0 Å². The summed E-state index contributed by atoms with van der Waals surface area (Å²) in [6.07, 6.45) is 14.7. The Kier molecular flexibility index (Phi) is 18.6. The van der Waals surface area contributed by atoms with E-state index in [2.05, 4.69) is 65.4 Å². The van der Waals surface area contributed by atoms with Crippen LogP contribution in [0.3, 0.4) is 0 Å². The van der Waals surface area contributed by atoms with Crippen molar-refractivity contribution in [2.45, 2.75) is 183 Å². The second-order valence-corrected chi connectivity index (χ2v) is 20.3. The molecule has 11 heteroatoms. The maximum absolute atomic E-state index is 14.4. The molecular weight excluding hydrogens is 837 g/mol. The maximum atomic E-state index is 14.4. The monoisotopic (exact) mass is 913 g/mol. The van der Waals surface area contributed by atoms with E-state index in [1.807, 2.05) is 38.1 Å². The summed E-state index contributed by atoms with van der Waals surface area (Å²) >= 11 is 0. The smallest absolute Gasteiger partial charge is 0.657 e. The number of aryl methyl sites for hydroxylation is 2. The maximum Gasteiger partial charge on any atom is 2.00 e. The molecule has 5 heterocycles. The third kappa shape index (κ3) is 11.8. The fourth-order valence-electron chi connectivity index (χ4n) is 10.8. The predicted molar refractivity (Wildman–Crippen MR) is 262 cm³/mol. The van der Waals surface area contributed by atoms with Crippen molar-refractivity contribution in [3.05, 3.63) is 80.4 Å². The Hall–Kier alpha value is -4.09. The van der Waals surface area contributed by atoms with Crippen LogP contribution in [-0.2, 0) is 19.1 Å². The van der Waals surface area contributed by atoms with Crippen LogP contribution in [0.1, 0.15) is 229 Å². The average molecular weight is 914 g/mol. The van der Waals surface area contributed by atoms with Gasteiger partial charge < -0.3 is 19.4 Å². The molecule has 0 amide bonds. The van der Waals surface area contributed by atoms with Gasteiger partial charge in [0.25, 0.3) is 0 Å². The van der Waals surface area contributed by atoms with E-state index >= 15 is 0 Å². The zero-order chi connectivity index (χ0) is 47.3. The molecule has 6 rings (SSSR count). The zero-order valence-electron chi connectivity index (χ0n) is 42.2. The Labute approximate surface area is 409 Å². The topological polar surface area (TPSA) is 143 Å². The summed E-state index contributed by atoms with van der Waals surface area (Å²) in [5.74, 6) is -0.477. The van der Waals surface area contributed by atoms with Gasteiger partial charge in [-0.2, -0.15) is 0 Å². The summed E-state index contributed by atoms with van der Waals surface area (Å²) in [7, 11) is 1.30. The standard InChI is InChI=1S/C55H75N4O6.Mg/c1-13-39-34(7)41-29-46-48(38(11)60)36(9)43(57-46)27-42-35(8)40(52(58-42)50-51(55(63)64-12)54(62)49-37(10)44(59-53(49)50)28-45(39)56-41)23-24-47(61)65-26-25-33(6)22-16-21-32(5)20-15-19-31(4)18-14-17-30(2)3;/h25,27-32,34-35,39-40,51H,13-24,26H2,1-12H3,(H-,56,57,58,59,60,62);/q-1;+2/p+1. The molecule has 2 aliphatic heterocycles. The van der Waals surface area contributed by atoms with E-state index in [0.29, 0.717) is 62.4 Å². The first-order chi connectivity index (χ1) is 30.9. The molecule has 3 aliphatic rings. The molecule has 0 fully saturated rings. The number of carbonyl (C=O) groups is 4. The second-order valence-electron chi connectivity index (χ2n) is 20.3. The van der Waals surface area contributed by atoms with E-state index in [4.69, 9.17) is 19.4 Å². The normalized spacial score (nSPS) is 20.0. The van der Waals surface area contributed by atoms with E-state index in [0.717, 1.165) is 53.7 Å². The third-order valence-corrected chi connectivity index (χ3v) is 14.9. The number of esters is 2. The van der Waals surface area contributed by atoms with Crippen LogP contribution in [0.5, 0.6) is 0 Å². The number of nitrogens with one attached hydrogen (secondary N) is 2. The number of aromatic amines is 2. The van der Waals surface area contributed by atoms with Gasteiger partial charge in [-0.1, -0.05) is 110 Å². The molecule has 3 aromatic rings. The molecule has 7 unspecified atom stereocenters. The van der Waals surface area contributed by atoms with E-state index in [9.17, 15) is 19.2 Å². The number of rotatable bonds is 20. The minimum atomic E-state index is -1.21. The largest absolute Gasteiger partial charge is 2.00 e. The number of Topliss-reactive ketones (excluding diaryl/α,β-unsaturated/α-hetero) is 2. The first-order valence-electron chi connectivity index (χ1n) is 24.7. The molecule has 0 saturated carbocycles. The van der Waals surface area contributed by atoms with Gasteiger partial charge in [-0.3, -0.25) is 19.2 Å². The van der Waals surface area contributed by atoms with Crippen LogP contribution < -0.4 is 19.9 Å². The number of hydrogen-bond acceptors (Lipinski definition) is 6. The number of fused-ring (bicyclic) bond motifs is 8. The van der Waals surface area contributed by atoms with Crippen LogP contribution in [-0.4, -0.2) is 60.3 Å². The van der Waals surface area contributed by atoms with Crippen molar-refractivity contribution in [3.8, 4) is 0 Å². The number of aromatic nitrogens is 4. The van der Waals surface area contributed by atoms with Crippen LogP contribution in [0, 0.1) is 31.6 Å². The number of ether oxygens (including phenoxy) is 2. The van der Waals surface area contributed by atoms with Crippen molar-refractivity contribution >= 4 is 68.6 Å². The van der Waals surface area contributed by atoms with Crippen LogP contribution in [0.25, 0.3) is 22.1 Å². The van der Waals surface area contributed by atoms with E-state index in [1.165, 1.54) is 57.6 Å². The van der Waals surface area contributed by atoms with E-state index < -0.39 is 11.9 Å². The second kappa shape index (κ2) is 23.3. The predicted octanol–water partition coefficient (Wildman–Crippen LogP) is 11.2. The third-order valence-electron chi connectivity index (χ3n) is 14.9. The Morgan fingerprint density at radius 3 is 2.00 bits per heavy atom. The molecule has 2 N–H and O–H groups in total. The van der Waals surface area contributed by atoms with E-state index in [-0.39, 0.29) is 77.3 Å². The number of allylic oxidation sites excluding steroid dienone is 1. The molecule has 7 atom stereocenters. The molecule has 0 spiro atoms.